The minimum absolute atomic E-state index is 0.139. The van der Waals surface area contributed by atoms with Crippen LogP contribution in [0.25, 0.3) is 10.9 Å². The van der Waals surface area contributed by atoms with E-state index in [1.54, 1.807) is 4.90 Å². The van der Waals surface area contributed by atoms with Crippen LogP contribution in [0.5, 0.6) is 0 Å². The highest BCUT2D eigenvalue weighted by atomic mass is 16.2. The van der Waals surface area contributed by atoms with E-state index in [1.165, 1.54) is 0 Å². The standard InChI is InChI=1S/C19H20N2O/c1-20-14-16(17-10-6-7-11-18(17)20)12-19(22)21(2)13-15-8-4-3-5-9-15/h3-11,14H,12-13H2,1-2H3. The predicted molar refractivity (Wildman–Crippen MR) is 89.5 cm³/mol. The van der Waals surface area contributed by atoms with Gasteiger partial charge in [-0.3, -0.25) is 4.79 Å². The molecule has 1 amide bonds. The Hall–Kier alpha value is -2.55. The van der Waals surface area contributed by atoms with Crippen molar-refractivity contribution in [2.75, 3.05) is 7.05 Å². The number of fused-ring (bicyclic) bond motifs is 1. The molecule has 0 aliphatic rings. The Morgan fingerprint density at radius 3 is 2.50 bits per heavy atom. The van der Waals surface area contributed by atoms with Crippen LogP contribution < -0.4 is 0 Å². The molecule has 0 saturated heterocycles. The fraction of sp³-hybridized carbons (Fsp3) is 0.211. The maximum absolute atomic E-state index is 12.5. The zero-order valence-electron chi connectivity index (χ0n) is 13.0. The van der Waals surface area contributed by atoms with E-state index in [2.05, 4.69) is 22.9 Å². The van der Waals surface area contributed by atoms with Gasteiger partial charge in [-0.2, -0.15) is 0 Å². The van der Waals surface area contributed by atoms with E-state index < -0.39 is 0 Å². The maximum atomic E-state index is 12.5. The summed E-state index contributed by atoms with van der Waals surface area (Å²) < 4.78 is 2.08. The number of para-hydroxylation sites is 1. The molecule has 1 heterocycles. The first-order valence-corrected chi connectivity index (χ1v) is 7.46. The quantitative estimate of drug-likeness (QED) is 0.723. The number of benzene rings is 2. The Labute approximate surface area is 130 Å². The molecule has 0 saturated carbocycles. The Bertz CT molecular complexity index is 790. The highest BCUT2D eigenvalue weighted by Gasteiger charge is 2.14. The van der Waals surface area contributed by atoms with Crippen molar-refractivity contribution in [3.63, 3.8) is 0 Å². The van der Waals surface area contributed by atoms with Crippen molar-refractivity contribution < 1.29 is 4.79 Å². The molecule has 0 radical (unpaired) electrons. The number of hydrogen-bond acceptors (Lipinski definition) is 1. The third-order valence-corrected chi connectivity index (χ3v) is 4.01. The number of amides is 1. The molecule has 0 atom stereocenters. The second-order valence-corrected chi connectivity index (χ2v) is 5.69. The van der Waals surface area contributed by atoms with Crippen LogP contribution in [0, 0.1) is 0 Å². The summed E-state index contributed by atoms with van der Waals surface area (Å²) in [5.41, 5.74) is 3.40. The van der Waals surface area contributed by atoms with Crippen molar-refractivity contribution in [1.82, 2.24) is 9.47 Å². The summed E-state index contributed by atoms with van der Waals surface area (Å²) in [6.45, 7) is 0.643. The Kier molecular flexibility index (Phi) is 3.96. The topological polar surface area (TPSA) is 25.2 Å². The second-order valence-electron chi connectivity index (χ2n) is 5.69. The van der Waals surface area contributed by atoms with Crippen molar-refractivity contribution in [3.05, 3.63) is 71.9 Å². The van der Waals surface area contributed by atoms with Crippen LogP contribution in [-0.2, 0) is 24.8 Å². The van der Waals surface area contributed by atoms with Crippen LogP contribution in [0.3, 0.4) is 0 Å². The van der Waals surface area contributed by atoms with Gasteiger partial charge in [-0.25, -0.2) is 0 Å². The molecular formula is C19H20N2O. The molecule has 3 heteroatoms. The van der Waals surface area contributed by atoms with E-state index in [9.17, 15) is 4.79 Å². The van der Waals surface area contributed by atoms with Crippen LogP contribution in [0.1, 0.15) is 11.1 Å². The minimum Gasteiger partial charge on any atom is -0.350 e. The highest BCUT2D eigenvalue weighted by Crippen LogP contribution is 2.21. The summed E-state index contributed by atoms with van der Waals surface area (Å²) in [5.74, 6) is 0.139. The van der Waals surface area contributed by atoms with E-state index in [4.69, 9.17) is 0 Å². The van der Waals surface area contributed by atoms with E-state index in [-0.39, 0.29) is 5.91 Å². The molecule has 0 aliphatic heterocycles. The zero-order valence-corrected chi connectivity index (χ0v) is 13.0. The van der Waals surface area contributed by atoms with Gasteiger partial charge in [0.25, 0.3) is 0 Å². The first kappa shape index (κ1) is 14.4. The van der Waals surface area contributed by atoms with Gasteiger partial charge in [0, 0.05) is 37.7 Å². The van der Waals surface area contributed by atoms with E-state index in [0.717, 1.165) is 22.0 Å². The summed E-state index contributed by atoms with van der Waals surface area (Å²) in [6.07, 6.45) is 2.49. The number of aromatic nitrogens is 1. The smallest absolute Gasteiger partial charge is 0.227 e. The molecular weight excluding hydrogens is 272 g/mol. The number of rotatable bonds is 4. The van der Waals surface area contributed by atoms with Crippen LogP contribution in [0.15, 0.2) is 60.8 Å². The number of likely N-dealkylation sites (N-methyl/N-ethyl adjacent to an activating group) is 1. The number of nitrogens with zero attached hydrogens (tertiary/aromatic N) is 2. The van der Waals surface area contributed by atoms with Crippen molar-refractivity contribution in [3.8, 4) is 0 Å². The van der Waals surface area contributed by atoms with Gasteiger partial charge >= 0.3 is 0 Å². The number of carbonyl (C=O) groups excluding carboxylic acids is 1. The molecule has 2 aromatic carbocycles. The molecule has 3 nitrogen and oxygen atoms in total. The monoisotopic (exact) mass is 292 g/mol. The van der Waals surface area contributed by atoms with Gasteiger partial charge in [-0.1, -0.05) is 48.5 Å². The lowest BCUT2D eigenvalue weighted by molar-refractivity contribution is -0.129. The lowest BCUT2D eigenvalue weighted by Crippen LogP contribution is -2.27. The Morgan fingerprint density at radius 2 is 1.73 bits per heavy atom. The number of hydrogen-bond donors (Lipinski definition) is 0. The maximum Gasteiger partial charge on any atom is 0.227 e. The first-order chi connectivity index (χ1) is 10.6. The molecule has 0 spiro atoms. The van der Waals surface area contributed by atoms with Crippen molar-refractivity contribution in [2.45, 2.75) is 13.0 Å². The molecule has 0 bridgehead atoms. The van der Waals surface area contributed by atoms with Crippen LogP contribution in [0.2, 0.25) is 0 Å². The molecule has 0 N–H and O–H groups in total. The largest absolute Gasteiger partial charge is 0.350 e. The number of carbonyl (C=O) groups is 1. The Morgan fingerprint density at radius 1 is 1.05 bits per heavy atom. The van der Waals surface area contributed by atoms with Crippen LogP contribution in [0.4, 0.5) is 0 Å². The summed E-state index contributed by atoms with van der Waals surface area (Å²) in [6, 6.07) is 18.3. The summed E-state index contributed by atoms with van der Waals surface area (Å²) in [5, 5.41) is 1.16. The third-order valence-electron chi connectivity index (χ3n) is 4.01. The van der Waals surface area contributed by atoms with E-state index in [1.807, 2.05) is 56.6 Å². The predicted octanol–water partition coefficient (Wildman–Crippen LogP) is 3.38. The molecule has 3 aromatic rings. The average Bonchev–Trinajstić information content (AvgIpc) is 2.85. The summed E-state index contributed by atoms with van der Waals surface area (Å²) in [4.78, 5) is 14.3. The molecule has 1 aromatic heterocycles. The SMILES string of the molecule is CN(Cc1ccccc1)C(=O)Cc1cn(C)c2ccccc12. The zero-order chi connectivity index (χ0) is 15.5. The highest BCUT2D eigenvalue weighted by molar-refractivity contribution is 5.89. The van der Waals surface area contributed by atoms with Crippen LogP contribution in [-0.4, -0.2) is 22.4 Å². The van der Waals surface area contributed by atoms with Gasteiger partial charge in [0.2, 0.25) is 5.91 Å². The lowest BCUT2D eigenvalue weighted by atomic mass is 10.1. The van der Waals surface area contributed by atoms with Crippen molar-refractivity contribution >= 4 is 16.8 Å². The molecule has 0 aliphatic carbocycles. The van der Waals surface area contributed by atoms with E-state index >= 15 is 0 Å². The van der Waals surface area contributed by atoms with Gasteiger partial charge in [-0.15, -0.1) is 0 Å². The van der Waals surface area contributed by atoms with Gasteiger partial charge in [0.05, 0.1) is 6.42 Å². The molecule has 0 unspecified atom stereocenters. The van der Waals surface area contributed by atoms with Gasteiger partial charge in [-0.05, 0) is 17.2 Å². The molecule has 0 fully saturated rings. The molecule has 22 heavy (non-hydrogen) atoms. The van der Waals surface area contributed by atoms with Crippen molar-refractivity contribution in [2.24, 2.45) is 7.05 Å². The van der Waals surface area contributed by atoms with E-state index in [0.29, 0.717) is 13.0 Å². The minimum atomic E-state index is 0.139. The summed E-state index contributed by atoms with van der Waals surface area (Å²) >= 11 is 0. The van der Waals surface area contributed by atoms with Crippen LogP contribution >= 0.6 is 0 Å². The fourth-order valence-corrected chi connectivity index (χ4v) is 2.81. The third kappa shape index (κ3) is 2.89. The fourth-order valence-electron chi connectivity index (χ4n) is 2.81. The average molecular weight is 292 g/mol. The first-order valence-electron chi connectivity index (χ1n) is 7.46. The number of aryl methyl sites for hydroxylation is 1. The Balaban J connectivity index is 1.75. The molecule has 3 rings (SSSR count). The van der Waals surface area contributed by atoms with Crippen molar-refractivity contribution in [1.29, 1.82) is 0 Å². The van der Waals surface area contributed by atoms with Gasteiger partial charge in [0.1, 0.15) is 0 Å². The molecule has 112 valence electrons. The normalized spacial score (nSPS) is 10.8. The second kappa shape index (κ2) is 6.06. The van der Waals surface area contributed by atoms with Gasteiger partial charge in [0.15, 0.2) is 0 Å². The lowest BCUT2D eigenvalue weighted by Gasteiger charge is -2.17. The summed E-state index contributed by atoms with van der Waals surface area (Å²) in [7, 11) is 3.88. The van der Waals surface area contributed by atoms with Gasteiger partial charge < -0.3 is 9.47 Å².